The smallest absolute Gasteiger partial charge is 0.297 e. The fourth-order valence-corrected chi connectivity index (χ4v) is 4.82. The Morgan fingerprint density at radius 3 is 2.46 bits per heavy atom. The molecule has 1 aromatic carbocycles. The van der Waals surface area contributed by atoms with Crippen molar-refractivity contribution in [3.8, 4) is 0 Å². The van der Waals surface area contributed by atoms with Crippen molar-refractivity contribution in [2.24, 2.45) is 0 Å². The van der Waals surface area contributed by atoms with E-state index in [0.29, 0.717) is 28.0 Å². The second-order valence-corrected chi connectivity index (χ2v) is 19.0. The van der Waals surface area contributed by atoms with Crippen molar-refractivity contribution in [3.63, 3.8) is 0 Å². The Morgan fingerprint density at radius 2 is 1.86 bits per heavy atom. The summed E-state index contributed by atoms with van der Waals surface area (Å²) in [6.45, 7) is 11.7. The van der Waals surface area contributed by atoms with Gasteiger partial charge in [-0.2, -0.15) is 8.78 Å². The summed E-state index contributed by atoms with van der Waals surface area (Å²) in [6, 6.07) is 4.25. The maximum Gasteiger partial charge on any atom is 0.297 e. The topological polar surface area (TPSA) is 77.0 Å². The van der Waals surface area contributed by atoms with Crippen LogP contribution in [0.3, 0.4) is 0 Å². The van der Waals surface area contributed by atoms with E-state index in [1.807, 2.05) is 0 Å². The van der Waals surface area contributed by atoms with Gasteiger partial charge in [0.1, 0.15) is 36.6 Å². The van der Waals surface area contributed by atoms with Crippen LogP contribution in [0.15, 0.2) is 30.5 Å². The zero-order valence-electron chi connectivity index (χ0n) is 24.7. The van der Waals surface area contributed by atoms with Gasteiger partial charge in [-0.25, -0.2) is 14.4 Å². The number of nitrogens with zero attached hydrogens (tertiary/aromatic N) is 3. The molecular weight excluding hydrogens is 516 g/mol. The molecule has 3 rings (SSSR count). The van der Waals surface area contributed by atoms with E-state index in [2.05, 4.69) is 20.3 Å². The van der Waals surface area contributed by atoms with Gasteiger partial charge >= 0.3 is 0 Å². The minimum Gasteiger partial charge on any atom is -0.410 e. The van der Waals surface area contributed by atoms with E-state index in [-0.39, 0.29) is 5.56 Å². The van der Waals surface area contributed by atoms with Gasteiger partial charge in [-0.1, -0.05) is 32.9 Å². The summed E-state index contributed by atoms with van der Waals surface area (Å²) in [5.41, 5.74) is -0.350. The Hall–Kier alpha value is -2.29. The molecular formula is C26H36F3N4O2PSi. The molecule has 0 aliphatic heterocycles. The lowest BCUT2D eigenvalue weighted by atomic mass is 10.00. The highest BCUT2D eigenvalue weighted by Gasteiger charge is 2.43. The molecule has 0 saturated carbocycles. The number of nitrogens with one attached hydrogen (secondary N) is 1. The SMILES string of the molecule is [2H]C([2H])(O[Si](C)(C)C(C)(C)C)C(F)(F)c1cccc([C@@H](C)Nc2nc(C)nc3cnc(P(C)(C)=O)cc23)c1F. The van der Waals surface area contributed by atoms with E-state index in [0.717, 1.165) is 6.07 Å². The molecule has 2 aromatic heterocycles. The second kappa shape index (κ2) is 10.1. The van der Waals surface area contributed by atoms with E-state index in [9.17, 15) is 4.57 Å². The van der Waals surface area contributed by atoms with Crippen LogP contribution in [-0.4, -0.2) is 43.2 Å². The molecule has 0 aliphatic carbocycles. The highest BCUT2D eigenvalue weighted by Crippen LogP contribution is 2.40. The maximum atomic E-state index is 15.7. The van der Waals surface area contributed by atoms with Gasteiger partial charge in [-0.15, -0.1) is 0 Å². The lowest BCUT2D eigenvalue weighted by Gasteiger charge is -2.37. The number of hydrogen-bond donors (Lipinski definition) is 1. The molecule has 3 aromatic rings. The van der Waals surface area contributed by atoms with Crippen LogP contribution < -0.4 is 10.8 Å². The first-order valence-electron chi connectivity index (χ1n) is 12.9. The number of halogens is 3. The minimum atomic E-state index is -4.27. The Labute approximate surface area is 220 Å². The van der Waals surface area contributed by atoms with Gasteiger partial charge in [0, 0.05) is 10.9 Å². The molecule has 11 heteroatoms. The summed E-state index contributed by atoms with van der Waals surface area (Å²) in [5.74, 6) is -4.81. The quantitative estimate of drug-likeness (QED) is 0.239. The van der Waals surface area contributed by atoms with E-state index in [1.54, 1.807) is 67.1 Å². The zero-order chi connectivity index (χ0) is 29.8. The van der Waals surface area contributed by atoms with Crippen molar-refractivity contribution in [1.29, 1.82) is 0 Å². The average Bonchev–Trinajstić information content (AvgIpc) is 2.76. The Kier molecular flexibility index (Phi) is 7.19. The van der Waals surface area contributed by atoms with E-state index < -0.39 is 50.4 Å². The summed E-state index contributed by atoms with van der Waals surface area (Å²) < 4.78 is 81.3. The fraction of sp³-hybridized carbons (Fsp3) is 0.500. The number of rotatable bonds is 8. The van der Waals surface area contributed by atoms with Crippen LogP contribution in [0, 0.1) is 12.7 Å². The minimum absolute atomic E-state index is 0.106. The summed E-state index contributed by atoms with van der Waals surface area (Å²) in [4.78, 5) is 13.0. The van der Waals surface area contributed by atoms with Crippen molar-refractivity contribution in [3.05, 3.63) is 53.2 Å². The number of pyridine rings is 1. The summed E-state index contributed by atoms with van der Waals surface area (Å²) >= 11 is 0. The molecule has 0 bridgehead atoms. The number of anilines is 1. The first kappa shape index (κ1) is 26.3. The zero-order valence-corrected chi connectivity index (χ0v) is 24.6. The highest BCUT2D eigenvalue weighted by atomic mass is 31.2. The van der Waals surface area contributed by atoms with E-state index in [4.69, 9.17) is 7.17 Å². The summed E-state index contributed by atoms with van der Waals surface area (Å²) in [5, 5.41) is 3.03. The van der Waals surface area contributed by atoms with Gasteiger partial charge in [0.05, 0.1) is 26.1 Å². The Balaban J connectivity index is 2.03. The second-order valence-electron chi connectivity index (χ2n) is 11.1. The Morgan fingerprint density at radius 1 is 1.22 bits per heavy atom. The maximum absolute atomic E-state index is 15.7. The molecule has 1 N–H and O–H groups in total. The van der Waals surface area contributed by atoms with Crippen LogP contribution >= 0.6 is 7.14 Å². The predicted octanol–water partition coefficient (Wildman–Crippen LogP) is 7.01. The Bertz CT molecular complexity index is 1440. The van der Waals surface area contributed by atoms with Crippen LogP contribution in [0.25, 0.3) is 10.9 Å². The fourth-order valence-electron chi connectivity index (χ4n) is 3.35. The largest absolute Gasteiger partial charge is 0.410 e. The number of benzene rings is 1. The van der Waals surface area contributed by atoms with Crippen molar-refractivity contribution >= 4 is 37.6 Å². The lowest BCUT2D eigenvalue weighted by molar-refractivity contribution is -0.0536. The predicted molar refractivity (Wildman–Crippen MR) is 147 cm³/mol. The third-order valence-corrected chi connectivity index (χ3v) is 12.2. The van der Waals surface area contributed by atoms with E-state index >= 15 is 13.2 Å². The van der Waals surface area contributed by atoms with Crippen LogP contribution in [0.4, 0.5) is 19.0 Å². The molecule has 0 unspecified atom stereocenters. The van der Waals surface area contributed by atoms with Gasteiger partial charge in [0.2, 0.25) is 0 Å². The van der Waals surface area contributed by atoms with Crippen molar-refractivity contribution in [2.75, 3.05) is 25.2 Å². The van der Waals surface area contributed by atoms with Crippen molar-refractivity contribution < 1.29 is 24.9 Å². The number of aryl methyl sites for hydroxylation is 1. The van der Waals surface area contributed by atoms with Crippen LogP contribution in [0.2, 0.25) is 18.1 Å². The molecule has 1 atom stereocenters. The van der Waals surface area contributed by atoms with Gasteiger partial charge in [-0.3, -0.25) is 4.98 Å². The van der Waals surface area contributed by atoms with Crippen LogP contribution in [-0.2, 0) is 14.9 Å². The molecule has 0 saturated heterocycles. The first-order valence-corrected chi connectivity index (χ1v) is 17.4. The molecule has 0 spiro atoms. The summed E-state index contributed by atoms with van der Waals surface area (Å²) in [6.07, 6.45) is 1.49. The number of hydrogen-bond acceptors (Lipinski definition) is 6. The molecule has 202 valence electrons. The monoisotopic (exact) mass is 554 g/mol. The molecule has 0 aliphatic rings. The third kappa shape index (κ3) is 6.41. The van der Waals surface area contributed by atoms with Crippen LogP contribution in [0.5, 0.6) is 0 Å². The third-order valence-electron chi connectivity index (χ3n) is 6.66. The summed E-state index contributed by atoms with van der Waals surface area (Å²) in [7, 11) is -5.67. The number of aromatic nitrogens is 3. The number of alkyl halides is 2. The van der Waals surface area contributed by atoms with Gasteiger partial charge in [-0.05, 0) is 57.4 Å². The highest BCUT2D eigenvalue weighted by molar-refractivity contribution is 7.69. The lowest BCUT2D eigenvalue weighted by Crippen LogP contribution is -2.43. The number of fused-ring (bicyclic) bond motifs is 1. The standard InChI is InChI=1S/C26H36F3N4O2PSi/c1-16(31-24-19-13-22(36(6,7)34)30-14-21(19)32-17(2)33-24)18-11-10-12-20(23(18)27)26(28,29)15-35-37(8,9)25(3,4)5/h10-14,16H,15H2,1-9H3,(H,31,32,33)/t16-/m1/s1/i15D2. The van der Waals surface area contributed by atoms with Gasteiger partial charge in [0.25, 0.3) is 5.92 Å². The molecule has 0 radical (unpaired) electrons. The van der Waals surface area contributed by atoms with Crippen molar-refractivity contribution in [2.45, 2.75) is 64.7 Å². The van der Waals surface area contributed by atoms with Gasteiger partial charge in [0.15, 0.2) is 8.32 Å². The van der Waals surface area contributed by atoms with E-state index in [1.165, 1.54) is 18.3 Å². The average molecular weight is 555 g/mol. The van der Waals surface area contributed by atoms with Crippen LogP contribution in [0.1, 0.15) is 53.4 Å². The normalized spacial score (nSPS) is 15.4. The molecule has 2 heterocycles. The van der Waals surface area contributed by atoms with Crippen molar-refractivity contribution in [1.82, 2.24) is 15.0 Å². The van der Waals surface area contributed by atoms with Gasteiger partial charge < -0.3 is 14.3 Å². The molecule has 0 fully saturated rings. The molecule has 37 heavy (non-hydrogen) atoms. The first-order chi connectivity index (χ1) is 17.6. The molecule has 6 nitrogen and oxygen atoms in total. The molecule has 0 amide bonds.